The van der Waals surface area contributed by atoms with Crippen LogP contribution in [0.15, 0.2) is 60.7 Å². The smallest absolute Gasteiger partial charge is 0.253 e. The van der Waals surface area contributed by atoms with Gasteiger partial charge < -0.3 is 9.80 Å². The van der Waals surface area contributed by atoms with Crippen LogP contribution in [0.25, 0.3) is 0 Å². The number of carbonyl (C=O) groups excluding carboxylic acids is 1. The highest BCUT2D eigenvalue weighted by atomic mass is 32.1. The Labute approximate surface area is 181 Å². The number of anilines is 1. The van der Waals surface area contributed by atoms with Gasteiger partial charge in [0.1, 0.15) is 5.01 Å². The average Bonchev–Trinajstić information content (AvgIpc) is 3.34. The number of hydrogen-bond donors (Lipinski definition) is 0. The third kappa shape index (κ3) is 3.72. The number of hydrogen-bond acceptors (Lipinski definition) is 5. The molecule has 2 unspecified atom stereocenters. The lowest BCUT2D eigenvalue weighted by Crippen LogP contribution is -2.51. The first kappa shape index (κ1) is 19.2. The number of benzene rings is 2. The highest BCUT2D eigenvalue weighted by Gasteiger charge is 2.44. The van der Waals surface area contributed by atoms with Crippen molar-refractivity contribution in [2.75, 3.05) is 11.9 Å². The van der Waals surface area contributed by atoms with Gasteiger partial charge in [-0.25, -0.2) is 0 Å². The van der Waals surface area contributed by atoms with Gasteiger partial charge in [0.2, 0.25) is 5.13 Å². The Bertz CT molecular complexity index is 992. The second-order valence-corrected chi connectivity index (χ2v) is 9.38. The van der Waals surface area contributed by atoms with E-state index < -0.39 is 0 Å². The number of nitrogens with zero attached hydrogens (tertiary/aromatic N) is 4. The van der Waals surface area contributed by atoms with Crippen molar-refractivity contribution in [3.05, 3.63) is 76.8 Å². The number of aromatic nitrogens is 2. The molecule has 0 spiro atoms. The number of carbonyl (C=O) groups is 1. The molecule has 2 aromatic carbocycles. The molecule has 2 saturated heterocycles. The maximum absolute atomic E-state index is 12.9. The van der Waals surface area contributed by atoms with Crippen LogP contribution >= 0.6 is 11.3 Å². The zero-order valence-corrected chi connectivity index (χ0v) is 18.0. The van der Waals surface area contributed by atoms with Gasteiger partial charge in [-0.3, -0.25) is 4.79 Å². The second-order valence-electron chi connectivity index (χ2n) is 8.34. The molecule has 1 amide bonds. The van der Waals surface area contributed by atoms with Crippen molar-refractivity contribution in [1.82, 2.24) is 15.1 Å². The van der Waals surface area contributed by atoms with Crippen molar-refractivity contribution in [1.29, 1.82) is 0 Å². The average molecular weight is 419 g/mol. The van der Waals surface area contributed by atoms with Crippen LogP contribution in [0.5, 0.6) is 0 Å². The standard InChI is InChI=1S/C24H26N4OS/c1-27(23(29)18-10-6-3-7-11-18)21-15-19-12-13-20(16-21)28(19)24-26-25-22(30-24)14-17-8-4-2-5-9-17/h2-11,19-21H,12-16H2,1H3. The summed E-state index contributed by atoms with van der Waals surface area (Å²) in [6.07, 6.45) is 5.17. The topological polar surface area (TPSA) is 49.3 Å². The summed E-state index contributed by atoms with van der Waals surface area (Å²) < 4.78 is 0. The minimum absolute atomic E-state index is 0.120. The number of piperidine rings is 1. The first-order valence-corrected chi connectivity index (χ1v) is 11.5. The normalized spacial score (nSPS) is 22.8. The van der Waals surface area contributed by atoms with Gasteiger partial charge >= 0.3 is 0 Å². The number of rotatable bonds is 5. The molecule has 30 heavy (non-hydrogen) atoms. The zero-order chi connectivity index (χ0) is 20.5. The molecule has 3 heterocycles. The molecule has 5 nitrogen and oxygen atoms in total. The third-order valence-electron chi connectivity index (χ3n) is 6.47. The quantitative estimate of drug-likeness (QED) is 0.616. The van der Waals surface area contributed by atoms with Gasteiger partial charge in [-0.1, -0.05) is 59.9 Å². The Balaban J connectivity index is 1.28. The molecule has 1 aromatic heterocycles. The van der Waals surface area contributed by atoms with E-state index in [9.17, 15) is 4.79 Å². The van der Waals surface area contributed by atoms with Crippen molar-refractivity contribution in [3.8, 4) is 0 Å². The zero-order valence-electron chi connectivity index (χ0n) is 17.1. The molecule has 2 bridgehead atoms. The fraction of sp³-hybridized carbons (Fsp3) is 0.375. The van der Waals surface area contributed by atoms with E-state index in [1.54, 1.807) is 11.3 Å². The molecule has 0 aliphatic carbocycles. The van der Waals surface area contributed by atoms with Crippen LogP contribution < -0.4 is 4.90 Å². The van der Waals surface area contributed by atoms with E-state index in [0.717, 1.165) is 35.0 Å². The molecule has 6 heteroatoms. The summed E-state index contributed by atoms with van der Waals surface area (Å²) >= 11 is 1.72. The summed E-state index contributed by atoms with van der Waals surface area (Å²) in [5, 5.41) is 11.1. The Morgan fingerprint density at radius 1 is 1.00 bits per heavy atom. The second kappa shape index (κ2) is 8.19. The lowest BCUT2D eigenvalue weighted by atomic mass is 9.96. The van der Waals surface area contributed by atoms with Gasteiger partial charge in [-0.05, 0) is 43.4 Å². The minimum atomic E-state index is 0.120. The Kier molecular flexibility index (Phi) is 5.25. The fourth-order valence-electron chi connectivity index (χ4n) is 4.92. The number of fused-ring (bicyclic) bond motifs is 2. The SMILES string of the molecule is CN(C(=O)c1ccccc1)C1CC2CCC(C1)N2c1nnc(Cc2ccccc2)s1. The molecule has 5 rings (SSSR count). The Hall–Kier alpha value is -2.73. The van der Waals surface area contributed by atoms with Gasteiger partial charge in [0, 0.05) is 37.2 Å². The summed E-state index contributed by atoms with van der Waals surface area (Å²) in [7, 11) is 1.96. The van der Waals surface area contributed by atoms with Gasteiger partial charge in [0.25, 0.3) is 5.91 Å². The molecule has 154 valence electrons. The Morgan fingerprint density at radius 3 is 2.30 bits per heavy atom. The van der Waals surface area contributed by atoms with E-state index in [2.05, 4.69) is 39.4 Å². The first-order chi connectivity index (χ1) is 14.7. The van der Waals surface area contributed by atoms with E-state index in [1.165, 1.54) is 18.4 Å². The van der Waals surface area contributed by atoms with Crippen LogP contribution in [0.3, 0.4) is 0 Å². The molecular formula is C24H26N4OS. The van der Waals surface area contributed by atoms with Crippen molar-refractivity contribution in [3.63, 3.8) is 0 Å². The number of amides is 1. The summed E-state index contributed by atoms with van der Waals surface area (Å²) in [6.45, 7) is 0. The molecule has 2 fully saturated rings. The maximum Gasteiger partial charge on any atom is 0.253 e. The molecular weight excluding hydrogens is 392 g/mol. The summed E-state index contributed by atoms with van der Waals surface area (Å²) in [6, 6.07) is 21.2. The maximum atomic E-state index is 12.9. The van der Waals surface area contributed by atoms with Crippen LogP contribution in [0.2, 0.25) is 0 Å². The molecule has 0 radical (unpaired) electrons. The molecule has 0 N–H and O–H groups in total. The van der Waals surface area contributed by atoms with Gasteiger partial charge in [-0.15, -0.1) is 10.2 Å². The van der Waals surface area contributed by atoms with E-state index in [0.29, 0.717) is 12.1 Å². The lowest BCUT2D eigenvalue weighted by molar-refractivity contribution is 0.0693. The lowest BCUT2D eigenvalue weighted by Gasteiger charge is -2.42. The fourth-order valence-corrected chi connectivity index (χ4v) is 5.93. The predicted molar refractivity (Wildman–Crippen MR) is 120 cm³/mol. The van der Waals surface area contributed by atoms with Crippen LogP contribution in [0.4, 0.5) is 5.13 Å². The van der Waals surface area contributed by atoms with Gasteiger partial charge in [0.15, 0.2) is 0 Å². The molecule has 2 aliphatic heterocycles. The van der Waals surface area contributed by atoms with Crippen LogP contribution in [0.1, 0.15) is 46.6 Å². The summed E-state index contributed by atoms with van der Waals surface area (Å²) in [4.78, 5) is 17.3. The predicted octanol–water partition coefficient (Wildman–Crippen LogP) is 4.40. The van der Waals surface area contributed by atoms with E-state index in [4.69, 9.17) is 0 Å². The van der Waals surface area contributed by atoms with E-state index in [1.807, 2.05) is 48.3 Å². The Morgan fingerprint density at radius 2 is 1.63 bits per heavy atom. The monoisotopic (exact) mass is 418 g/mol. The highest BCUT2D eigenvalue weighted by Crippen LogP contribution is 2.41. The van der Waals surface area contributed by atoms with Gasteiger partial charge in [0.05, 0.1) is 0 Å². The van der Waals surface area contributed by atoms with Crippen molar-refractivity contribution >= 4 is 22.4 Å². The van der Waals surface area contributed by atoms with Crippen LogP contribution in [-0.2, 0) is 6.42 Å². The molecule has 0 saturated carbocycles. The van der Waals surface area contributed by atoms with Crippen LogP contribution in [0, 0.1) is 0 Å². The summed E-state index contributed by atoms with van der Waals surface area (Å²) in [5.41, 5.74) is 2.03. The minimum Gasteiger partial charge on any atom is -0.341 e. The largest absolute Gasteiger partial charge is 0.341 e. The molecule has 2 aliphatic rings. The van der Waals surface area contributed by atoms with Gasteiger partial charge in [-0.2, -0.15) is 0 Å². The van der Waals surface area contributed by atoms with Crippen molar-refractivity contribution < 1.29 is 4.79 Å². The molecule has 2 atom stereocenters. The van der Waals surface area contributed by atoms with Crippen LogP contribution in [-0.4, -0.2) is 46.2 Å². The highest BCUT2D eigenvalue weighted by molar-refractivity contribution is 7.15. The third-order valence-corrected chi connectivity index (χ3v) is 7.41. The van der Waals surface area contributed by atoms with E-state index >= 15 is 0 Å². The summed E-state index contributed by atoms with van der Waals surface area (Å²) in [5.74, 6) is 0.120. The van der Waals surface area contributed by atoms with Crippen molar-refractivity contribution in [2.45, 2.75) is 50.2 Å². The first-order valence-electron chi connectivity index (χ1n) is 10.7. The molecule has 3 aromatic rings. The van der Waals surface area contributed by atoms with E-state index in [-0.39, 0.29) is 11.9 Å². The van der Waals surface area contributed by atoms with Crippen molar-refractivity contribution in [2.24, 2.45) is 0 Å².